The van der Waals surface area contributed by atoms with Gasteiger partial charge in [-0.2, -0.15) is 0 Å². The number of furan rings is 1. The van der Waals surface area contributed by atoms with Crippen LogP contribution in [0.4, 0.5) is 6.01 Å². The first kappa shape index (κ1) is 19.1. The number of sulfone groups is 1. The van der Waals surface area contributed by atoms with Crippen molar-refractivity contribution in [2.24, 2.45) is 0 Å². The monoisotopic (exact) mass is 409 g/mol. The third-order valence-electron chi connectivity index (χ3n) is 3.71. The molecule has 0 aliphatic carbocycles. The second-order valence-corrected chi connectivity index (χ2v) is 8.36. The lowest BCUT2D eigenvalue weighted by molar-refractivity contribution is -0.115. The minimum Gasteiger partial charge on any atom is -0.466 e. The van der Waals surface area contributed by atoms with Crippen LogP contribution in [-0.2, 0) is 14.6 Å². The zero-order valence-electron chi connectivity index (χ0n) is 14.5. The van der Waals surface area contributed by atoms with Gasteiger partial charge in [0.1, 0.15) is 11.5 Å². The second-order valence-electron chi connectivity index (χ2n) is 5.81. The number of halogens is 1. The number of carbonyl (C=O) groups excluding carboxylic acids is 1. The Labute approximate surface area is 160 Å². The van der Waals surface area contributed by atoms with E-state index in [-0.39, 0.29) is 29.0 Å². The first-order chi connectivity index (χ1) is 12.7. The number of nitrogens with one attached hydrogen (secondary N) is 1. The van der Waals surface area contributed by atoms with E-state index in [1.54, 1.807) is 19.9 Å². The third-order valence-corrected chi connectivity index (χ3v) is 5.70. The molecule has 0 spiro atoms. The van der Waals surface area contributed by atoms with Crippen molar-refractivity contribution < 1.29 is 22.0 Å². The molecule has 142 valence electrons. The number of hydrogen-bond donors (Lipinski definition) is 1. The maximum absolute atomic E-state index is 12.2. The van der Waals surface area contributed by atoms with E-state index in [9.17, 15) is 13.2 Å². The summed E-state index contributed by atoms with van der Waals surface area (Å²) in [5.41, 5.74) is 0.630. The van der Waals surface area contributed by atoms with E-state index in [1.165, 1.54) is 24.3 Å². The predicted octanol–water partition coefficient (Wildman–Crippen LogP) is 3.40. The molecule has 2 heterocycles. The molecule has 0 fully saturated rings. The lowest BCUT2D eigenvalue weighted by Gasteiger charge is -2.04. The average Bonchev–Trinajstić information content (AvgIpc) is 3.19. The quantitative estimate of drug-likeness (QED) is 0.663. The van der Waals surface area contributed by atoms with Gasteiger partial charge in [-0.25, -0.2) is 8.42 Å². The van der Waals surface area contributed by atoms with Crippen molar-refractivity contribution in [3.05, 3.63) is 46.9 Å². The van der Waals surface area contributed by atoms with Gasteiger partial charge in [0, 0.05) is 11.4 Å². The van der Waals surface area contributed by atoms with Crippen LogP contribution in [0.5, 0.6) is 0 Å². The molecule has 0 aliphatic rings. The number of aryl methyl sites for hydroxylation is 2. The topological polar surface area (TPSA) is 115 Å². The largest absolute Gasteiger partial charge is 0.466 e. The molecule has 8 nitrogen and oxygen atoms in total. The van der Waals surface area contributed by atoms with E-state index >= 15 is 0 Å². The first-order valence-electron chi connectivity index (χ1n) is 7.94. The summed E-state index contributed by atoms with van der Waals surface area (Å²) in [6.07, 6.45) is -0.257. The number of hydrogen-bond acceptors (Lipinski definition) is 7. The lowest BCUT2D eigenvalue weighted by Crippen LogP contribution is -2.17. The van der Waals surface area contributed by atoms with Gasteiger partial charge in [0.05, 0.1) is 16.2 Å². The maximum atomic E-state index is 12.2. The maximum Gasteiger partial charge on any atom is 0.322 e. The van der Waals surface area contributed by atoms with Gasteiger partial charge in [0.2, 0.25) is 5.91 Å². The Balaban J connectivity index is 1.61. The van der Waals surface area contributed by atoms with E-state index in [1.807, 2.05) is 0 Å². The molecule has 0 atom stereocenters. The Morgan fingerprint density at radius 1 is 1.15 bits per heavy atom. The molecule has 1 aromatic carbocycles. The number of amides is 1. The fraction of sp³-hybridized carbons (Fsp3) is 0.235. The first-order valence-corrected chi connectivity index (χ1v) is 9.97. The molecule has 1 N–H and O–H groups in total. The van der Waals surface area contributed by atoms with Crippen molar-refractivity contribution in [3.8, 4) is 11.5 Å². The number of rotatable bonds is 6. The molecule has 27 heavy (non-hydrogen) atoms. The van der Waals surface area contributed by atoms with Gasteiger partial charge in [-0.1, -0.05) is 16.7 Å². The third kappa shape index (κ3) is 4.55. The van der Waals surface area contributed by atoms with E-state index < -0.39 is 15.7 Å². The highest BCUT2D eigenvalue weighted by molar-refractivity contribution is 7.91. The predicted molar refractivity (Wildman–Crippen MR) is 98.2 cm³/mol. The smallest absolute Gasteiger partial charge is 0.322 e. The summed E-state index contributed by atoms with van der Waals surface area (Å²) >= 11 is 5.75. The summed E-state index contributed by atoms with van der Waals surface area (Å²) < 4.78 is 35.3. The molecule has 0 saturated carbocycles. The van der Waals surface area contributed by atoms with Gasteiger partial charge in [-0.15, -0.1) is 5.10 Å². The molecule has 0 unspecified atom stereocenters. The molecule has 2 aromatic heterocycles. The summed E-state index contributed by atoms with van der Waals surface area (Å²) in [5.74, 6) is 0.597. The minimum absolute atomic E-state index is 0.102. The molecule has 3 aromatic rings. The van der Waals surface area contributed by atoms with Crippen molar-refractivity contribution >= 4 is 33.4 Å². The summed E-state index contributed by atoms with van der Waals surface area (Å²) in [5, 5.41) is 10.4. The van der Waals surface area contributed by atoms with Crippen LogP contribution in [0.3, 0.4) is 0 Å². The van der Waals surface area contributed by atoms with E-state index in [2.05, 4.69) is 15.5 Å². The molecule has 3 rings (SSSR count). The van der Waals surface area contributed by atoms with Crippen LogP contribution in [0, 0.1) is 13.8 Å². The summed E-state index contributed by atoms with van der Waals surface area (Å²) in [4.78, 5) is 12.1. The van der Waals surface area contributed by atoms with Gasteiger partial charge >= 0.3 is 6.01 Å². The zero-order valence-corrected chi connectivity index (χ0v) is 16.1. The van der Waals surface area contributed by atoms with Crippen molar-refractivity contribution in [2.75, 3.05) is 11.1 Å². The summed E-state index contributed by atoms with van der Waals surface area (Å²) in [7, 11) is -3.60. The zero-order chi connectivity index (χ0) is 19.6. The van der Waals surface area contributed by atoms with Crippen LogP contribution in [0.1, 0.15) is 17.9 Å². The Kier molecular flexibility index (Phi) is 5.33. The van der Waals surface area contributed by atoms with Crippen LogP contribution in [0.15, 0.2) is 44.1 Å². The van der Waals surface area contributed by atoms with E-state index in [0.717, 1.165) is 0 Å². The number of carbonyl (C=O) groups is 1. The molecule has 1 amide bonds. The van der Waals surface area contributed by atoms with Crippen molar-refractivity contribution in [3.63, 3.8) is 0 Å². The van der Waals surface area contributed by atoms with Crippen LogP contribution in [-0.4, -0.2) is 30.3 Å². The Hall–Kier alpha value is -2.65. The van der Waals surface area contributed by atoms with Gasteiger partial charge < -0.3 is 8.83 Å². The Morgan fingerprint density at radius 3 is 2.48 bits per heavy atom. The molecule has 0 bridgehead atoms. The van der Waals surface area contributed by atoms with E-state index in [0.29, 0.717) is 22.1 Å². The molecular weight excluding hydrogens is 394 g/mol. The van der Waals surface area contributed by atoms with Crippen LogP contribution < -0.4 is 5.32 Å². The molecular formula is C17H16ClN3O5S. The summed E-state index contributed by atoms with van der Waals surface area (Å²) in [6, 6.07) is 7.39. The van der Waals surface area contributed by atoms with Gasteiger partial charge in [0.15, 0.2) is 9.84 Å². The van der Waals surface area contributed by atoms with Crippen LogP contribution in [0.2, 0.25) is 5.02 Å². The number of benzene rings is 1. The van der Waals surface area contributed by atoms with Crippen molar-refractivity contribution in [2.45, 2.75) is 25.2 Å². The standard InChI is InChI=1S/C17H16ClN3O5S/c1-10-9-14(11(2)25-10)16-20-21-17(26-16)19-15(22)7-8-27(23,24)13-5-3-12(18)4-6-13/h3-6,9H,7-8H2,1-2H3,(H,19,21,22). The van der Waals surface area contributed by atoms with Crippen molar-refractivity contribution in [1.29, 1.82) is 0 Å². The fourth-order valence-corrected chi connectivity index (χ4v) is 3.76. The molecule has 0 radical (unpaired) electrons. The highest BCUT2D eigenvalue weighted by Crippen LogP contribution is 2.26. The number of anilines is 1. The number of aromatic nitrogens is 2. The Morgan fingerprint density at radius 2 is 1.85 bits per heavy atom. The average molecular weight is 410 g/mol. The SMILES string of the molecule is Cc1cc(-c2nnc(NC(=O)CCS(=O)(=O)c3ccc(Cl)cc3)o2)c(C)o1. The second kappa shape index (κ2) is 7.53. The van der Waals surface area contributed by atoms with Gasteiger partial charge in [-0.05, 0) is 44.2 Å². The van der Waals surface area contributed by atoms with Gasteiger partial charge in [-0.3, -0.25) is 10.1 Å². The van der Waals surface area contributed by atoms with Gasteiger partial charge in [0.25, 0.3) is 5.89 Å². The normalized spacial score (nSPS) is 11.5. The molecule has 0 aliphatic heterocycles. The molecule has 0 saturated heterocycles. The highest BCUT2D eigenvalue weighted by Gasteiger charge is 2.19. The lowest BCUT2D eigenvalue weighted by atomic mass is 10.2. The van der Waals surface area contributed by atoms with Crippen molar-refractivity contribution in [1.82, 2.24) is 10.2 Å². The molecule has 10 heteroatoms. The minimum atomic E-state index is -3.60. The number of nitrogens with zero attached hydrogens (tertiary/aromatic N) is 2. The van der Waals surface area contributed by atoms with E-state index in [4.69, 9.17) is 20.4 Å². The van der Waals surface area contributed by atoms with Crippen LogP contribution in [0.25, 0.3) is 11.5 Å². The summed E-state index contributed by atoms with van der Waals surface area (Å²) in [6.45, 7) is 3.54. The fourth-order valence-electron chi connectivity index (χ4n) is 2.39. The highest BCUT2D eigenvalue weighted by atomic mass is 35.5. The Bertz CT molecular complexity index is 1070. The van der Waals surface area contributed by atoms with Crippen LogP contribution >= 0.6 is 11.6 Å².